The normalized spacial score (nSPS) is 11.0. The highest BCUT2D eigenvalue weighted by molar-refractivity contribution is 7.80. The van der Waals surface area contributed by atoms with Crippen LogP contribution in [0.3, 0.4) is 0 Å². The molecule has 0 bridgehead atoms. The Morgan fingerprint density at radius 1 is 1.07 bits per heavy atom. The standard InChI is InChI=1S/C23H26N4S/c1-4-19-8-5-6-10-22(19)25-23(28)26-24-15-21-9-7-13-27(21)16-20-14-17(2)11-12-18(20)3/h5-15H,4,16H2,1-3H3,(H2,25,26,28)/b24-15+. The van der Waals surface area contributed by atoms with Crippen LogP contribution in [0.15, 0.2) is 65.9 Å². The number of aryl methyl sites for hydroxylation is 3. The van der Waals surface area contributed by atoms with Crippen LogP contribution in [-0.4, -0.2) is 15.9 Å². The van der Waals surface area contributed by atoms with E-state index >= 15 is 0 Å². The fraction of sp³-hybridized carbons (Fsp3) is 0.217. The van der Waals surface area contributed by atoms with Crippen molar-refractivity contribution >= 4 is 29.2 Å². The van der Waals surface area contributed by atoms with Gasteiger partial charge in [-0.2, -0.15) is 5.10 Å². The smallest absolute Gasteiger partial charge is 0.191 e. The second kappa shape index (κ2) is 9.33. The van der Waals surface area contributed by atoms with Gasteiger partial charge in [0.15, 0.2) is 5.11 Å². The topological polar surface area (TPSA) is 41.4 Å². The van der Waals surface area contributed by atoms with Crippen LogP contribution in [0.1, 0.15) is 34.9 Å². The molecule has 0 aliphatic rings. The molecule has 5 heteroatoms. The van der Waals surface area contributed by atoms with Crippen molar-refractivity contribution in [1.29, 1.82) is 0 Å². The molecule has 0 fully saturated rings. The van der Waals surface area contributed by atoms with E-state index in [1.54, 1.807) is 6.21 Å². The number of thiocarbonyl (C=S) groups is 1. The Morgan fingerprint density at radius 2 is 1.89 bits per heavy atom. The second-order valence-electron chi connectivity index (χ2n) is 6.83. The fourth-order valence-corrected chi connectivity index (χ4v) is 3.26. The summed E-state index contributed by atoms with van der Waals surface area (Å²) in [4.78, 5) is 0. The van der Waals surface area contributed by atoms with Crippen molar-refractivity contribution < 1.29 is 0 Å². The molecule has 0 spiro atoms. The number of hydrogen-bond acceptors (Lipinski definition) is 2. The quantitative estimate of drug-likeness (QED) is 0.352. The van der Waals surface area contributed by atoms with E-state index in [9.17, 15) is 0 Å². The Morgan fingerprint density at radius 3 is 2.71 bits per heavy atom. The third kappa shape index (κ3) is 5.08. The highest BCUT2D eigenvalue weighted by Crippen LogP contribution is 2.15. The molecule has 3 aromatic rings. The van der Waals surface area contributed by atoms with Crippen LogP contribution in [0.5, 0.6) is 0 Å². The van der Waals surface area contributed by atoms with Crippen molar-refractivity contribution in [2.24, 2.45) is 5.10 Å². The molecular weight excluding hydrogens is 364 g/mol. The molecule has 4 nitrogen and oxygen atoms in total. The summed E-state index contributed by atoms with van der Waals surface area (Å²) < 4.78 is 2.18. The van der Waals surface area contributed by atoms with Crippen LogP contribution in [0.25, 0.3) is 0 Å². The van der Waals surface area contributed by atoms with Crippen molar-refractivity contribution in [3.63, 3.8) is 0 Å². The molecule has 0 unspecified atom stereocenters. The Hall–Kier alpha value is -2.92. The van der Waals surface area contributed by atoms with E-state index in [0.29, 0.717) is 5.11 Å². The van der Waals surface area contributed by atoms with Crippen molar-refractivity contribution in [3.05, 3.63) is 88.7 Å². The minimum atomic E-state index is 0.477. The minimum absolute atomic E-state index is 0.477. The molecule has 0 aliphatic carbocycles. The van der Waals surface area contributed by atoms with Gasteiger partial charge in [0.05, 0.1) is 11.9 Å². The van der Waals surface area contributed by atoms with Crippen LogP contribution in [-0.2, 0) is 13.0 Å². The molecule has 0 amide bonds. The largest absolute Gasteiger partial charge is 0.342 e. The lowest BCUT2D eigenvalue weighted by atomic mass is 10.1. The maximum absolute atomic E-state index is 5.36. The first-order valence-electron chi connectivity index (χ1n) is 9.46. The van der Waals surface area contributed by atoms with Crippen LogP contribution in [0, 0.1) is 13.8 Å². The van der Waals surface area contributed by atoms with E-state index < -0.39 is 0 Å². The number of anilines is 1. The molecule has 0 atom stereocenters. The summed E-state index contributed by atoms with van der Waals surface area (Å²) in [5, 5.41) is 7.99. The van der Waals surface area contributed by atoms with Gasteiger partial charge in [0.2, 0.25) is 0 Å². The van der Waals surface area contributed by atoms with Crippen LogP contribution in [0.2, 0.25) is 0 Å². The molecule has 3 rings (SSSR count). The van der Waals surface area contributed by atoms with Crippen molar-refractivity contribution in [1.82, 2.24) is 9.99 Å². The maximum atomic E-state index is 5.36. The molecule has 0 aliphatic heterocycles. The maximum Gasteiger partial charge on any atom is 0.191 e. The van der Waals surface area contributed by atoms with Gasteiger partial charge in [0, 0.05) is 18.4 Å². The Kier molecular flexibility index (Phi) is 6.61. The van der Waals surface area contributed by atoms with E-state index in [2.05, 4.69) is 71.6 Å². The van der Waals surface area contributed by atoms with Gasteiger partial charge >= 0.3 is 0 Å². The highest BCUT2D eigenvalue weighted by atomic mass is 32.1. The van der Waals surface area contributed by atoms with Gasteiger partial charge in [0.25, 0.3) is 0 Å². The fourth-order valence-electron chi connectivity index (χ4n) is 3.10. The van der Waals surface area contributed by atoms with Gasteiger partial charge in [-0.1, -0.05) is 48.9 Å². The zero-order chi connectivity index (χ0) is 19.9. The number of nitrogens with zero attached hydrogens (tertiary/aromatic N) is 2. The van der Waals surface area contributed by atoms with E-state index in [0.717, 1.165) is 24.3 Å². The Labute approximate surface area is 172 Å². The molecule has 2 N–H and O–H groups in total. The summed E-state index contributed by atoms with van der Waals surface area (Å²) in [6.45, 7) is 7.20. The molecule has 0 saturated carbocycles. The third-order valence-electron chi connectivity index (χ3n) is 4.72. The van der Waals surface area contributed by atoms with Crippen LogP contribution >= 0.6 is 12.2 Å². The SMILES string of the molecule is CCc1ccccc1NC(=S)N/N=C/c1cccn1Cc1cc(C)ccc1C. The Bertz CT molecular complexity index is 988. The second-order valence-corrected chi connectivity index (χ2v) is 7.23. The molecule has 2 aromatic carbocycles. The summed E-state index contributed by atoms with van der Waals surface area (Å²) >= 11 is 5.36. The molecule has 144 valence electrons. The van der Waals surface area contributed by atoms with Crippen LogP contribution < -0.4 is 10.7 Å². The predicted octanol–water partition coefficient (Wildman–Crippen LogP) is 5.04. The van der Waals surface area contributed by atoms with Gasteiger partial charge in [-0.05, 0) is 67.4 Å². The van der Waals surface area contributed by atoms with Gasteiger partial charge in [-0.25, -0.2) is 0 Å². The first kappa shape index (κ1) is 19.8. The molecule has 28 heavy (non-hydrogen) atoms. The van der Waals surface area contributed by atoms with E-state index in [4.69, 9.17) is 12.2 Å². The zero-order valence-corrected chi connectivity index (χ0v) is 17.4. The van der Waals surface area contributed by atoms with Crippen molar-refractivity contribution in [3.8, 4) is 0 Å². The number of hydrogen-bond donors (Lipinski definition) is 2. The summed E-state index contributed by atoms with van der Waals surface area (Å²) in [7, 11) is 0. The van der Waals surface area contributed by atoms with Gasteiger partial charge in [-0.15, -0.1) is 0 Å². The minimum Gasteiger partial charge on any atom is -0.342 e. The molecule has 1 heterocycles. The lowest BCUT2D eigenvalue weighted by molar-refractivity contribution is 0.793. The molecule has 0 radical (unpaired) electrons. The first-order chi connectivity index (χ1) is 13.6. The summed E-state index contributed by atoms with van der Waals surface area (Å²) in [6, 6.07) is 18.8. The van der Waals surface area contributed by atoms with Gasteiger partial charge in [-0.3, -0.25) is 5.43 Å². The van der Waals surface area contributed by atoms with E-state index in [1.807, 2.05) is 30.3 Å². The lowest BCUT2D eigenvalue weighted by Crippen LogP contribution is -2.24. The summed E-state index contributed by atoms with van der Waals surface area (Å²) in [6.07, 6.45) is 4.81. The molecular formula is C23H26N4S. The van der Waals surface area contributed by atoms with E-state index in [-0.39, 0.29) is 0 Å². The molecule has 1 aromatic heterocycles. The average Bonchev–Trinajstić information content (AvgIpc) is 3.12. The molecule has 0 saturated heterocycles. The first-order valence-corrected chi connectivity index (χ1v) is 9.87. The van der Waals surface area contributed by atoms with Crippen molar-refractivity contribution in [2.75, 3.05) is 5.32 Å². The van der Waals surface area contributed by atoms with Gasteiger partial charge < -0.3 is 9.88 Å². The van der Waals surface area contributed by atoms with Gasteiger partial charge in [0.1, 0.15) is 0 Å². The number of para-hydroxylation sites is 1. The Balaban J connectivity index is 1.63. The number of nitrogens with one attached hydrogen (secondary N) is 2. The lowest BCUT2D eigenvalue weighted by Gasteiger charge is -2.11. The number of benzene rings is 2. The summed E-state index contributed by atoms with van der Waals surface area (Å²) in [5.74, 6) is 0. The highest BCUT2D eigenvalue weighted by Gasteiger charge is 2.04. The van der Waals surface area contributed by atoms with Crippen molar-refractivity contribution in [2.45, 2.75) is 33.7 Å². The average molecular weight is 391 g/mol. The summed E-state index contributed by atoms with van der Waals surface area (Å²) in [5.41, 5.74) is 10.0. The zero-order valence-electron chi connectivity index (χ0n) is 16.6. The monoisotopic (exact) mass is 390 g/mol. The van der Waals surface area contributed by atoms with E-state index in [1.165, 1.54) is 22.3 Å². The third-order valence-corrected chi connectivity index (χ3v) is 4.91. The number of aromatic nitrogens is 1. The van der Waals surface area contributed by atoms with Crippen LogP contribution in [0.4, 0.5) is 5.69 Å². The predicted molar refractivity (Wildman–Crippen MR) is 122 cm³/mol. The number of hydrazone groups is 1. The number of rotatable bonds is 6.